The van der Waals surface area contributed by atoms with E-state index in [-0.39, 0.29) is 43.3 Å². The van der Waals surface area contributed by atoms with Crippen molar-refractivity contribution in [3.05, 3.63) is 0 Å². The highest BCUT2D eigenvalue weighted by Crippen LogP contribution is 2.19. The van der Waals surface area contributed by atoms with Gasteiger partial charge in [-0.1, -0.05) is 239 Å². The molecule has 0 heterocycles. The van der Waals surface area contributed by atoms with Crippen LogP contribution in [0.3, 0.4) is 0 Å². The van der Waals surface area contributed by atoms with Crippen LogP contribution >= 0.6 is 11.8 Å². The Bertz CT molecular complexity index is 2140. The molecule has 96 heavy (non-hydrogen) atoms. The Balaban J connectivity index is 5.85. The first-order chi connectivity index (χ1) is 46.1. The van der Waals surface area contributed by atoms with Gasteiger partial charge < -0.3 is 67.1 Å². The molecule has 556 valence electrons. The molecular weight excluding hydrogens is 1250 g/mol. The average molecular weight is 1380 g/mol. The van der Waals surface area contributed by atoms with E-state index < -0.39 is 134 Å². The maximum atomic E-state index is 13.8. The van der Waals surface area contributed by atoms with E-state index in [4.69, 9.17) is 9.47 Å². The number of aliphatic carboxylic acids is 2. The van der Waals surface area contributed by atoms with Gasteiger partial charge in [0.25, 0.3) is 0 Å². The molecule has 11 N–H and O–H groups in total. The second-order valence-electron chi connectivity index (χ2n) is 25.8. The predicted octanol–water partition coefficient (Wildman–Crippen LogP) is 9.84. The van der Waals surface area contributed by atoms with Gasteiger partial charge >= 0.3 is 23.9 Å². The molecule has 0 aromatic heterocycles. The number of hydrogen-bond acceptors (Lipinski definition) is 16. The fourth-order valence-electron chi connectivity index (χ4n) is 10.8. The fraction of sp³-hybridized carbons (Fsp3) is 0.845. The normalized spacial score (nSPS) is 13.4. The first kappa shape index (κ1) is 90.4. The van der Waals surface area contributed by atoms with Crippen molar-refractivity contribution in [3.63, 3.8) is 0 Å². The van der Waals surface area contributed by atoms with Gasteiger partial charge in [0.2, 0.25) is 41.4 Å². The number of aliphatic hydroxyl groups excluding tert-OH is 2. The summed E-state index contributed by atoms with van der Waals surface area (Å²) in [7, 11) is 0. The van der Waals surface area contributed by atoms with Gasteiger partial charge in [-0.2, -0.15) is 11.8 Å². The predicted molar refractivity (Wildman–Crippen MR) is 374 cm³/mol. The molecule has 7 atom stereocenters. The first-order valence-corrected chi connectivity index (χ1v) is 38.0. The van der Waals surface area contributed by atoms with Gasteiger partial charge in [0.15, 0.2) is 6.04 Å². The molecule has 0 saturated carbocycles. The molecule has 0 spiro atoms. The highest BCUT2D eigenvalue weighted by molar-refractivity contribution is 7.99. The first-order valence-electron chi connectivity index (χ1n) is 36.9. The molecule has 0 radical (unpaired) electrons. The Hall–Kier alpha value is -5.56. The minimum atomic E-state index is -1.82. The number of aliphatic hydroxyl groups is 2. The molecule has 24 nitrogen and oxygen atoms in total. The topological polar surface area (TPSA) is 371 Å². The number of unbranched alkanes of at least 4 members (excludes halogenated alkanes) is 34. The highest BCUT2D eigenvalue weighted by Gasteiger charge is 2.34. The molecule has 0 saturated heterocycles. The second-order valence-corrected chi connectivity index (χ2v) is 26.9. The average Bonchev–Trinajstić information content (AvgIpc) is 0.914. The van der Waals surface area contributed by atoms with E-state index >= 15 is 0 Å². The van der Waals surface area contributed by atoms with Gasteiger partial charge in [-0.15, -0.1) is 0 Å². The number of thioether (sulfide) groups is 1. The third kappa shape index (κ3) is 53.5. The second kappa shape index (κ2) is 61.7. The van der Waals surface area contributed by atoms with Crippen molar-refractivity contribution in [2.45, 2.75) is 347 Å². The molecule has 0 aromatic carbocycles. The summed E-state index contributed by atoms with van der Waals surface area (Å²) in [4.78, 5) is 142. The zero-order valence-corrected chi connectivity index (χ0v) is 60.3. The van der Waals surface area contributed by atoms with E-state index in [1.807, 2.05) is 5.32 Å². The van der Waals surface area contributed by atoms with Crippen LogP contribution in [0.5, 0.6) is 0 Å². The lowest BCUT2D eigenvalue weighted by Crippen LogP contribution is -2.60. The zero-order valence-electron chi connectivity index (χ0n) is 59.5. The van der Waals surface area contributed by atoms with Gasteiger partial charge in [0.1, 0.15) is 24.2 Å². The lowest BCUT2D eigenvalue weighted by atomic mass is 10.0. The van der Waals surface area contributed by atoms with E-state index in [2.05, 4.69) is 52.7 Å². The van der Waals surface area contributed by atoms with E-state index in [0.29, 0.717) is 12.8 Å². The van der Waals surface area contributed by atoms with E-state index in [1.165, 1.54) is 166 Å². The number of carbonyl (C=O) groups is 11. The van der Waals surface area contributed by atoms with Crippen molar-refractivity contribution in [3.8, 4) is 0 Å². The Morgan fingerprint density at radius 2 is 0.760 bits per heavy atom. The van der Waals surface area contributed by atoms with Crippen LogP contribution in [-0.2, 0) is 62.2 Å². The summed E-state index contributed by atoms with van der Waals surface area (Å²) < 4.78 is 11.5. The van der Waals surface area contributed by atoms with Crippen LogP contribution < -0.4 is 37.2 Å². The standard InChI is InChI=1S/C71H129N7O17S/c1-6-9-12-15-18-21-24-26-29-32-35-38-41-44-64(87)95-56(48-65(88)94-47-42-39-36-33-30-27-25-22-19-16-13-10-7-2)52-96-53-58(76-59(81)43-40-37-34-31-28-23-20-17-14-11-8-3)68(89)74-50-61(83)72-49-60(82)73-51-62(84)75-57(45-46-63(85)86)69(90)77-66(54(4)79)70(91)78-67(55(5)80)71(92)93/h54-58,66-67,79-80H,6-53H2,1-5H3,(H,72,83)(H,73,82)(H,74,89)(H,75,84)(H,76,81)(H,77,90)(H,78,91)(H,85,86)(H,92,93). The maximum absolute atomic E-state index is 13.8. The molecule has 0 fully saturated rings. The molecule has 0 aliphatic heterocycles. The van der Waals surface area contributed by atoms with Crippen LogP contribution in [0.15, 0.2) is 0 Å². The zero-order chi connectivity index (χ0) is 71.4. The molecule has 7 amide bonds. The molecule has 0 rings (SSSR count). The number of carboxylic acids is 2. The lowest BCUT2D eigenvalue weighted by molar-refractivity contribution is -0.154. The number of esters is 2. The number of hydrogen-bond donors (Lipinski definition) is 11. The SMILES string of the molecule is CCCCCCCCCCCCCCCOC(=O)CC(CSCC(NC(=O)CCCCCCCCCCCCC)C(=O)NCC(=O)NCC(=O)NCC(=O)NC(CCC(=O)O)C(=O)NC(C(=O)NC(C(=O)O)C(C)O)C(C)O)OC(=O)CCCCCCCCCCCCCCC. The van der Waals surface area contributed by atoms with Crippen LogP contribution in [0.25, 0.3) is 0 Å². The summed E-state index contributed by atoms with van der Waals surface area (Å²) in [6.07, 6.45) is 37.2. The van der Waals surface area contributed by atoms with E-state index in [9.17, 15) is 73.2 Å². The molecule has 7 unspecified atom stereocenters. The van der Waals surface area contributed by atoms with Crippen LogP contribution in [0.1, 0.15) is 304 Å². The van der Waals surface area contributed by atoms with Crippen LogP contribution in [0.2, 0.25) is 0 Å². The van der Waals surface area contributed by atoms with Crippen molar-refractivity contribution < 1.29 is 82.6 Å². The van der Waals surface area contributed by atoms with Crippen molar-refractivity contribution in [2.75, 3.05) is 37.7 Å². The van der Waals surface area contributed by atoms with Crippen molar-refractivity contribution in [1.82, 2.24) is 37.2 Å². The monoisotopic (exact) mass is 1380 g/mol. The van der Waals surface area contributed by atoms with Crippen molar-refractivity contribution in [1.29, 1.82) is 0 Å². The molecule has 0 aliphatic carbocycles. The van der Waals surface area contributed by atoms with E-state index in [0.717, 1.165) is 84.5 Å². The van der Waals surface area contributed by atoms with Crippen molar-refractivity contribution >= 4 is 77.0 Å². The molecule has 0 aliphatic rings. The molecule has 0 aromatic rings. The Labute approximate surface area is 578 Å². The number of ether oxygens (including phenoxy) is 2. The Morgan fingerprint density at radius 1 is 0.375 bits per heavy atom. The van der Waals surface area contributed by atoms with Crippen LogP contribution in [-0.4, -0.2) is 166 Å². The molecule has 0 bridgehead atoms. The van der Waals surface area contributed by atoms with Gasteiger partial charge in [-0.05, 0) is 39.5 Å². The fourth-order valence-corrected chi connectivity index (χ4v) is 11.8. The van der Waals surface area contributed by atoms with Crippen LogP contribution in [0, 0.1) is 0 Å². The van der Waals surface area contributed by atoms with Crippen LogP contribution in [0.4, 0.5) is 0 Å². The third-order valence-electron chi connectivity index (χ3n) is 16.7. The lowest BCUT2D eigenvalue weighted by Gasteiger charge is -2.26. The third-order valence-corrected chi connectivity index (χ3v) is 17.8. The van der Waals surface area contributed by atoms with Gasteiger partial charge in [-0.3, -0.25) is 47.9 Å². The Kier molecular flexibility index (Phi) is 58.2. The quantitative estimate of drug-likeness (QED) is 0.0199. The number of rotatable bonds is 66. The van der Waals surface area contributed by atoms with Gasteiger partial charge in [0, 0.05) is 30.8 Å². The summed E-state index contributed by atoms with van der Waals surface area (Å²) in [5, 5.41) is 54.9. The number of nitrogens with one attached hydrogen (secondary N) is 7. The maximum Gasteiger partial charge on any atom is 0.328 e. The number of carboxylic acid groups (broad SMARTS) is 2. The Morgan fingerprint density at radius 3 is 1.19 bits per heavy atom. The van der Waals surface area contributed by atoms with Gasteiger partial charge in [0.05, 0.1) is 44.9 Å². The summed E-state index contributed by atoms with van der Waals surface area (Å²) in [5.74, 6) is -9.98. The number of carbonyl (C=O) groups excluding carboxylic acids is 9. The highest BCUT2D eigenvalue weighted by atomic mass is 32.2. The molecule has 25 heteroatoms. The molecular formula is C71H129N7O17S. The van der Waals surface area contributed by atoms with Gasteiger partial charge in [-0.25, -0.2) is 4.79 Å². The van der Waals surface area contributed by atoms with Crippen molar-refractivity contribution in [2.24, 2.45) is 0 Å². The van der Waals surface area contributed by atoms with E-state index in [1.54, 1.807) is 0 Å². The minimum absolute atomic E-state index is 0.0185. The minimum Gasteiger partial charge on any atom is -0.481 e. The summed E-state index contributed by atoms with van der Waals surface area (Å²) in [6.45, 7) is 6.99. The number of amides is 7. The smallest absolute Gasteiger partial charge is 0.328 e. The summed E-state index contributed by atoms with van der Waals surface area (Å²) in [5.41, 5.74) is 0. The largest absolute Gasteiger partial charge is 0.481 e. The summed E-state index contributed by atoms with van der Waals surface area (Å²) in [6, 6.07) is -6.43. The summed E-state index contributed by atoms with van der Waals surface area (Å²) >= 11 is 1.19.